The number of likely N-dealkylation sites (tertiary alicyclic amines) is 1. The highest BCUT2D eigenvalue weighted by molar-refractivity contribution is 5.49. The maximum Gasteiger partial charge on any atom is 0.0995 e. The lowest BCUT2D eigenvalue weighted by Crippen LogP contribution is -2.49. The van der Waals surface area contributed by atoms with E-state index in [4.69, 9.17) is 10.5 Å². The van der Waals surface area contributed by atoms with Crippen molar-refractivity contribution in [2.75, 3.05) is 38.6 Å². The maximum absolute atomic E-state index is 9.52. The summed E-state index contributed by atoms with van der Waals surface area (Å²) in [5, 5.41) is 9.52. The molecule has 2 fully saturated rings. The fraction of sp³-hybridized carbons (Fsp3) is 0.435. The Balaban J connectivity index is 1.56. The SMILES string of the molecule is N#Cc1cc(N)ccc1CN1CCC(N2CCOCC2)CC1c1ccccc1. The summed E-state index contributed by atoms with van der Waals surface area (Å²) in [6.07, 6.45) is 2.26. The number of nitrogens with zero attached hydrogens (tertiary/aromatic N) is 3. The lowest BCUT2D eigenvalue weighted by Gasteiger charge is -2.45. The number of ether oxygens (including phenoxy) is 1. The second-order valence-corrected chi connectivity index (χ2v) is 7.75. The molecule has 2 aliphatic heterocycles. The molecule has 2 aromatic carbocycles. The van der Waals surface area contributed by atoms with Crippen LogP contribution in [0.25, 0.3) is 0 Å². The van der Waals surface area contributed by atoms with Crippen molar-refractivity contribution in [2.24, 2.45) is 0 Å². The molecular weight excluding hydrogens is 348 g/mol. The van der Waals surface area contributed by atoms with Gasteiger partial charge in [-0.1, -0.05) is 36.4 Å². The molecule has 0 amide bonds. The van der Waals surface area contributed by atoms with Gasteiger partial charge in [0.15, 0.2) is 0 Å². The first-order valence-corrected chi connectivity index (χ1v) is 10.1. The topological polar surface area (TPSA) is 65.5 Å². The van der Waals surface area contributed by atoms with Crippen LogP contribution in [0.5, 0.6) is 0 Å². The number of benzene rings is 2. The molecule has 2 heterocycles. The summed E-state index contributed by atoms with van der Waals surface area (Å²) in [7, 11) is 0. The third-order valence-corrected chi connectivity index (χ3v) is 6.06. The number of piperidine rings is 1. The van der Waals surface area contributed by atoms with Crippen molar-refractivity contribution in [2.45, 2.75) is 31.5 Å². The maximum atomic E-state index is 9.52. The Morgan fingerprint density at radius 1 is 1.07 bits per heavy atom. The number of rotatable bonds is 4. The average molecular weight is 377 g/mol. The van der Waals surface area contributed by atoms with Crippen LogP contribution >= 0.6 is 0 Å². The number of anilines is 1. The van der Waals surface area contributed by atoms with Crippen LogP contribution in [0.15, 0.2) is 48.5 Å². The number of nitrogens with two attached hydrogens (primary N) is 1. The number of hydrogen-bond donors (Lipinski definition) is 1. The Kier molecular flexibility index (Phi) is 5.92. The number of hydrogen-bond acceptors (Lipinski definition) is 5. The molecule has 2 N–H and O–H groups in total. The molecule has 0 aromatic heterocycles. The Bertz CT molecular complexity index is 826. The van der Waals surface area contributed by atoms with Gasteiger partial charge in [-0.2, -0.15) is 5.26 Å². The summed E-state index contributed by atoms with van der Waals surface area (Å²) in [4.78, 5) is 5.12. The third-order valence-electron chi connectivity index (χ3n) is 6.06. The van der Waals surface area contributed by atoms with Crippen LogP contribution in [0.3, 0.4) is 0 Å². The van der Waals surface area contributed by atoms with Crippen LogP contribution in [0.1, 0.15) is 35.6 Å². The lowest BCUT2D eigenvalue weighted by molar-refractivity contribution is -0.0120. The predicted octanol–water partition coefficient (Wildman–Crippen LogP) is 3.18. The fourth-order valence-corrected chi connectivity index (χ4v) is 4.54. The first kappa shape index (κ1) is 18.9. The van der Waals surface area contributed by atoms with E-state index < -0.39 is 0 Å². The van der Waals surface area contributed by atoms with Crippen molar-refractivity contribution in [1.82, 2.24) is 9.80 Å². The molecular formula is C23H28N4O. The minimum atomic E-state index is 0.354. The van der Waals surface area contributed by atoms with Gasteiger partial charge in [0.25, 0.3) is 0 Å². The van der Waals surface area contributed by atoms with Crippen molar-refractivity contribution < 1.29 is 4.74 Å². The molecule has 5 heteroatoms. The molecule has 28 heavy (non-hydrogen) atoms. The van der Waals surface area contributed by atoms with E-state index in [1.165, 1.54) is 5.56 Å². The normalized spacial score (nSPS) is 24.0. The molecule has 0 aliphatic carbocycles. The van der Waals surface area contributed by atoms with Gasteiger partial charge in [-0.25, -0.2) is 0 Å². The van der Waals surface area contributed by atoms with Gasteiger partial charge in [0.05, 0.1) is 24.8 Å². The van der Waals surface area contributed by atoms with E-state index in [0.717, 1.165) is 57.8 Å². The van der Waals surface area contributed by atoms with E-state index in [2.05, 4.69) is 46.2 Å². The fourth-order valence-electron chi connectivity index (χ4n) is 4.54. The minimum Gasteiger partial charge on any atom is -0.399 e. The van der Waals surface area contributed by atoms with Crippen LogP contribution in [0, 0.1) is 11.3 Å². The van der Waals surface area contributed by atoms with Crippen LogP contribution in [-0.4, -0.2) is 48.7 Å². The zero-order chi connectivity index (χ0) is 19.3. The molecule has 146 valence electrons. The summed E-state index contributed by atoms with van der Waals surface area (Å²) >= 11 is 0. The smallest absolute Gasteiger partial charge is 0.0995 e. The summed E-state index contributed by atoms with van der Waals surface area (Å²) in [6.45, 7) is 5.54. The molecule has 2 atom stereocenters. The van der Waals surface area contributed by atoms with Gasteiger partial charge >= 0.3 is 0 Å². The van der Waals surface area contributed by atoms with Crippen molar-refractivity contribution in [3.05, 3.63) is 65.2 Å². The van der Waals surface area contributed by atoms with Gasteiger partial charge in [-0.05, 0) is 36.1 Å². The van der Waals surface area contributed by atoms with E-state index in [1.54, 1.807) is 6.07 Å². The quantitative estimate of drug-likeness (QED) is 0.830. The molecule has 2 saturated heterocycles. The Morgan fingerprint density at radius 3 is 2.61 bits per heavy atom. The Morgan fingerprint density at radius 2 is 1.86 bits per heavy atom. The molecule has 0 bridgehead atoms. The Labute approximate surface area is 167 Å². The minimum absolute atomic E-state index is 0.354. The van der Waals surface area contributed by atoms with Gasteiger partial charge in [-0.15, -0.1) is 0 Å². The van der Waals surface area contributed by atoms with Crippen molar-refractivity contribution in [3.8, 4) is 6.07 Å². The molecule has 2 aliphatic rings. The third kappa shape index (κ3) is 4.20. The molecule has 4 rings (SSSR count). The van der Waals surface area contributed by atoms with Crippen LogP contribution in [0.4, 0.5) is 5.69 Å². The first-order chi connectivity index (χ1) is 13.7. The number of morpholine rings is 1. The van der Waals surface area contributed by atoms with Gasteiger partial charge in [0, 0.05) is 44.0 Å². The van der Waals surface area contributed by atoms with Crippen molar-refractivity contribution in [1.29, 1.82) is 5.26 Å². The van der Waals surface area contributed by atoms with Gasteiger partial charge in [-0.3, -0.25) is 9.80 Å². The average Bonchev–Trinajstić information content (AvgIpc) is 2.76. The summed E-state index contributed by atoms with van der Waals surface area (Å²) < 4.78 is 5.54. The molecule has 0 spiro atoms. The number of nitriles is 1. The van der Waals surface area contributed by atoms with Crippen molar-refractivity contribution in [3.63, 3.8) is 0 Å². The number of nitrogen functional groups attached to an aromatic ring is 1. The van der Waals surface area contributed by atoms with Crippen LogP contribution in [-0.2, 0) is 11.3 Å². The molecule has 5 nitrogen and oxygen atoms in total. The van der Waals surface area contributed by atoms with Crippen LogP contribution < -0.4 is 5.73 Å². The second-order valence-electron chi connectivity index (χ2n) is 7.75. The monoisotopic (exact) mass is 376 g/mol. The molecule has 2 unspecified atom stereocenters. The van der Waals surface area contributed by atoms with E-state index >= 15 is 0 Å². The first-order valence-electron chi connectivity index (χ1n) is 10.1. The van der Waals surface area contributed by atoms with Gasteiger partial charge in [0.1, 0.15) is 0 Å². The van der Waals surface area contributed by atoms with Gasteiger partial charge in [0.2, 0.25) is 0 Å². The molecule has 2 aromatic rings. The predicted molar refractivity (Wildman–Crippen MR) is 111 cm³/mol. The highest BCUT2D eigenvalue weighted by Crippen LogP contribution is 2.35. The van der Waals surface area contributed by atoms with E-state index in [1.807, 2.05) is 12.1 Å². The summed E-state index contributed by atoms with van der Waals surface area (Å²) in [5.74, 6) is 0. The highest BCUT2D eigenvalue weighted by Gasteiger charge is 2.33. The zero-order valence-electron chi connectivity index (χ0n) is 16.3. The largest absolute Gasteiger partial charge is 0.399 e. The van der Waals surface area contributed by atoms with Crippen LogP contribution in [0.2, 0.25) is 0 Å². The van der Waals surface area contributed by atoms with E-state index in [9.17, 15) is 5.26 Å². The highest BCUT2D eigenvalue weighted by atomic mass is 16.5. The summed E-state index contributed by atoms with van der Waals surface area (Å²) in [6, 6.07) is 19.7. The summed E-state index contributed by atoms with van der Waals surface area (Å²) in [5.41, 5.74) is 9.62. The van der Waals surface area contributed by atoms with Gasteiger partial charge < -0.3 is 10.5 Å². The Hall–Kier alpha value is -2.39. The second kappa shape index (κ2) is 8.74. The standard InChI is InChI=1S/C23H28N4O/c24-16-20-14-21(25)7-6-19(20)17-27-9-8-22(26-10-12-28-13-11-26)15-23(27)18-4-2-1-3-5-18/h1-7,14,22-23H,8-13,15,17,25H2. The molecule has 0 saturated carbocycles. The van der Waals surface area contributed by atoms with E-state index in [-0.39, 0.29) is 0 Å². The zero-order valence-corrected chi connectivity index (χ0v) is 16.3. The van der Waals surface area contributed by atoms with Crippen molar-refractivity contribution >= 4 is 5.69 Å². The lowest BCUT2D eigenvalue weighted by atomic mass is 9.90. The van der Waals surface area contributed by atoms with E-state index in [0.29, 0.717) is 23.3 Å². The molecule has 0 radical (unpaired) electrons.